The lowest BCUT2D eigenvalue weighted by atomic mass is 10.3. The Bertz CT molecular complexity index is 362. The summed E-state index contributed by atoms with van der Waals surface area (Å²) in [6.45, 7) is 3.64. The van der Waals surface area contributed by atoms with Crippen LogP contribution in [0.25, 0.3) is 0 Å². The van der Waals surface area contributed by atoms with Crippen LogP contribution >= 0.6 is 23.7 Å². The number of amides is 1. The number of carbonyl (C=O) groups excluding carboxylic acids is 1. The van der Waals surface area contributed by atoms with Crippen LogP contribution in [0.15, 0.2) is 0 Å². The summed E-state index contributed by atoms with van der Waals surface area (Å²) in [5.74, 6) is -0.107. The standard InChI is InChI=1S/C11H20N4O2S.ClH/c1-3-4-5-10-14-15-11(18-10)13-9(16)8-12-6-7-17-2;/h12H,3-8H2,1-2H3,(H,13,15,16);1H. The Balaban J connectivity index is 0.00000324. The number of aromatic nitrogens is 2. The van der Waals surface area contributed by atoms with Crippen molar-refractivity contribution in [1.29, 1.82) is 0 Å². The Morgan fingerprint density at radius 3 is 2.89 bits per heavy atom. The van der Waals surface area contributed by atoms with Gasteiger partial charge in [-0.1, -0.05) is 24.7 Å². The Morgan fingerprint density at radius 2 is 2.21 bits per heavy atom. The molecule has 0 aliphatic heterocycles. The van der Waals surface area contributed by atoms with E-state index in [0.717, 1.165) is 24.3 Å². The molecule has 1 amide bonds. The summed E-state index contributed by atoms with van der Waals surface area (Å²) < 4.78 is 4.87. The van der Waals surface area contributed by atoms with E-state index in [4.69, 9.17) is 4.74 Å². The van der Waals surface area contributed by atoms with E-state index in [0.29, 0.717) is 18.3 Å². The number of nitrogens with one attached hydrogen (secondary N) is 2. The lowest BCUT2D eigenvalue weighted by molar-refractivity contribution is -0.115. The molecule has 0 bridgehead atoms. The Morgan fingerprint density at radius 1 is 1.42 bits per heavy atom. The molecule has 110 valence electrons. The van der Waals surface area contributed by atoms with Gasteiger partial charge >= 0.3 is 0 Å². The smallest absolute Gasteiger partial charge is 0.240 e. The molecule has 1 aromatic heterocycles. The van der Waals surface area contributed by atoms with Crippen molar-refractivity contribution in [2.45, 2.75) is 26.2 Å². The molecule has 19 heavy (non-hydrogen) atoms. The van der Waals surface area contributed by atoms with Crippen LogP contribution in [-0.2, 0) is 16.0 Å². The zero-order valence-electron chi connectivity index (χ0n) is 11.3. The molecule has 0 aliphatic rings. The van der Waals surface area contributed by atoms with Gasteiger partial charge in [0.1, 0.15) is 5.01 Å². The summed E-state index contributed by atoms with van der Waals surface area (Å²) >= 11 is 1.44. The van der Waals surface area contributed by atoms with Crippen LogP contribution in [0.1, 0.15) is 24.8 Å². The van der Waals surface area contributed by atoms with E-state index in [-0.39, 0.29) is 24.9 Å². The van der Waals surface area contributed by atoms with E-state index >= 15 is 0 Å². The van der Waals surface area contributed by atoms with Gasteiger partial charge in [0.25, 0.3) is 0 Å². The molecule has 1 aromatic rings. The third kappa shape index (κ3) is 8.10. The number of rotatable bonds is 9. The first kappa shape index (κ1) is 18.2. The second kappa shape index (κ2) is 11.1. The summed E-state index contributed by atoms with van der Waals surface area (Å²) in [6, 6.07) is 0. The SMILES string of the molecule is CCCCc1nnc(NC(=O)CNCCOC)s1.Cl. The van der Waals surface area contributed by atoms with Crippen molar-refractivity contribution in [2.75, 3.05) is 32.1 Å². The van der Waals surface area contributed by atoms with Crippen LogP contribution in [0, 0.1) is 0 Å². The molecule has 8 heteroatoms. The molecule has 0 fully saturated rings. The molecule has 0 saturated heterocycles. The molecule has 2 N–H and O–H groups in total. The third-order valence-corrected chi connectivity index (χ3v) is 3.12. The van der Waals surface area contributed by atoms with Crippen LogP contribution in [0.2, 0.25) is 0 Å². The highest BCUT2D eigenvalue weighted by Crippen LogP contribution is 2.16. The van der Waals surface area contributed by atoms with E-state index < -0.39 is 0 Å². The van der Waals surface area contributed by atoms with Crippen molar-refractivity contribution in [3.63, 3.8) is 0 Å². The predicted molar refractivity (Wildman–Crippen MR) is 79.1 cm³/mol. The number of anilines is 1. The van der Waals surface area contributed by atoms with Crippen LogP contribution < -0.4 is 10.6 Å². The number of hydrogen-bond acceptors (Lipinski definition) is 6. The van der Waals surface area contributed by atoms with Gasteiger partial charge in [-0.3, -0.25) is 10.1 Å². The summed E-state index contributed by atoms with van der Waals surface area (Å²) in [6.07, 6.45) is 3.15. The average Bonchev–Trinajstić information content (AvgIpc) is 2.80. The molecule has 0 atom stereocenters. The third-order valence-electron chi connectivity index (χ3n) is 2.23. The summed E-state index contributed by atoms with van der Waals surface area (Å²) in [5.41, 5.74) is 0. The van der Waals surface area contributed by atoms with E-state index in [1.165, 1.54) is 11.3 Å². The van der Waals surface area contributed by atoms with Crippen molar-refractivity contribution in [1.82, 2.24) is 15.5 Å². The number of aryl methyl sites for hydroxylation is 1. The summed E-state index contributed by atoms with van der Waals surface area (Å²) in [7, 11) is 1.63. The molecule has 0 spiro atoms. The number of halogens is 1. The van der Waals surface area contributed by atoms with Crippen molar-refractivity contribution in [3.8, 4) is 0 Å². The van der Waals surface area contributed by atoms with E-state index in [2.05, 4.69) is 27.8 Å². The second-order valence-corrected chi connectivity index (χ2v) is 4.88. The number of carbonyl (C=O) groups is 1. The number of ether oxygens (including phenoxy) is 1. The summed E-state index contributed by atoms with van der Waals surface area (Å²) in [4.78, 5) is 11.5. The van der Waals surface area contributed by atoms with Gasteiger partial charge in [0, 0.05) is 20.1 Å². The molecule has 1 heterocycles. The van der Waals surface area contributed by atoms with E-state index in [1.807, 2.05) is 0 Å². The normalized spacial score (nSPS) is 10.0. The van der Waals surface area contributed by atoms with E-state index in [1.54, 1.807) is 7.11 Å². The van der Waals surface area contributed by atoms with Gasteiger partial charge < -0.3 is 10.1 Å². The number of methoxy groups -OCH3 is 1. The highest BCUT2D eigenvalue weighted by molar-refractivity contribution is 7.15. The van der Waals surface area contributed by atoms with Gasteiger partial charge in [-0.25, -0.2) is 0 Å². The first-order valence-electron chi connectivity index (χ1n) is 6.08. The minimum Gasteiger partial charge on any atom is -0.383 e. The number of unbranched alkanes of at least 4 members (excludes halogenated alkanes) is 1. The molecule has 0 aliphatic carbocycles. The fourth-order valence-electron chi connectivity index (χ4n) is 1.27. The van der Waals surface area contributed by atoms with Crippen molar-refractivity contribution < 1.29 is 9.53 Å². The van der Waals surface area contributed by atoms with E-state index in [9.17, 15) is 4.79 Å². The maximum atomic E-state index is 11.5. The minimum atomic E-state index is -0.107. The zero-order chi connectivity index (χ0) is 13.2. The first-order valence-corrected chi connectivity index (χ1v) is 6.89. The molecule has 0 aromatic carbocycles. The lowest BCUT2D eigenvalue weighted by Gasteiger charge is -2.02. The number of nitrogens with zero attached hydrogens (tertiary/aromatic N) is 2. The molecule has 6 nitrogen and oxygen atoms in total. The Labute approximate surface area is 123 Å². The molecule has 1 rings (SSSR count). The number of hydrogen-bond donors (Lipinski definition) is 2. The maximum absolute atomic E-state index is 11.5. The van der Waals surface area contributed by atoms with Crippen LogP contribution in [0.4, 0.5) is 5.13 Å². The molecular weight excluding hydrogens is 288 g/mol. The van der Waals surface area contributed by atoms with Crippen LogP contribution in [0.3, 0.4) is 0 Å². The van der Waals surface area contributed by atoms with Gasteiger partial charge in [-0.05, 0) is 6.42 Å². The Hall–Kier alpha value is -0.760. The monoisotopic (exact) mass is 308 g/mol. The molecule has 0 saturated carbocycles. The lowest BCUT2D eigenvalue weighted by Crippen LogP contribution is -2.30. The van der Waals surface area contributed by atoms with Gasteiger partial charge in [0.05, 0.1) is 13.2 Å². The van der Waals surface area contributed by atoms with Crippen molar-refractivity contribution in [2.24, 2.45) is 0 Å². The molecule has 0 unspecified atom stereocenters. The van der Waals surface area contributed by atoms with Gasteiger partial charge in [-0.15, -0.1) is 22.6 Å². The average molecular weight is 309 g/mol. The van der Waals surface area contributed by atoms with Crippen LogP contribution in [-0.4, -0.2) is 42.9 Å². The fraction of sp³-hybridized carbons (Fsp3) is 0.727. The highest BCUT2D eigenvalue weighted by Gasteiger charge is 2.07. The largest absolute Gasteiger partial charge is 0.383 e. The summed E-state index contributed by atoms with van der Waals surface area (Å²) in [5, 5.41) is 15.2. The maximum Gasteiger partial charge on any atom is 0.240 e. The van der Waals surface area contributed by atoms with Gasteiger partial charge in [0.15, 0.2) is 0 Å². The Kier molecular flexibility index (Phi) is 10.7. The van der Waals surface area contributed by atoms with Crippen LogP contribution in [0.5, 0.6) is 0 Å². The topological polar surface area (TPSA) is 76.1 Å². The van der Waals surface area contributed by atoms with Crippen molar-refractivity contribution >= 4 is 34.8 Å². The minimum absolute atomic E-state index is 0. The quantitative estimate of drug-likeness (QED) is 0.676. The van der Waals surface area contributed by atoms with Gasteiger partial charge in [-0.2, -0.15) is 0 Å². The first-order chi connectivity index (χ1) is 8.76. The van der Waals surface area contributed by atoms with Crippen molar-refractivity contribution in [3.05, 3.63) is 5.01 Å². The zero-order valence-corrected chi connectivity index (χ0v) is 12.9. The highest BCUT2D eigenvalue weighted by atomic mass is 35.5. The predicted octanol–water partition coefficient (Wildman–Crippen LogP) is 1.48. The molecule has 0 radical (unpaired) electrons. The van der Waals surface area contributed by atoms with Gasteiger partial charge in [0.2, 0.25) is 11.0 Å². The fourth-order valence-corrected chi connectivity index (χ4v) is 2.07. The second-order valence-electron chi connectivity index (χ2n) is 3.82. The molecular formula is C11H21ClN4O2S.